The Hall–Kier alpha value is -1.31. The molecular weight excluding hydrogens is 407 g/mol. The van der Waals surface area contributed by atoms with Gasteiger partial charge in [0.05, 0.1) is 0 Å². The molecule has 1 aromatic carbocycles. The average molecular weight is 455 g/mol. The summed E-state index contributed by atoms with van der Waals surface area (Å²) in [5, 5.41) is 0. The number of hydrogen-bond donors (Lipinski definition) is 0. The quantitative estimate of drug-likeness (QED) is 0.320. The maximum absolute atomic E-state index is 14.8. The Kier molecular flexibility index (Phi) is 9.33. The Labute approximate surface area is 202 Å². The monoisotopic (exact) mass is 454 g/mol. The van der Waals surface area contributed by atoms with Gasteiger partial charge in [-0.1, -0.05) is 89.9 Å². The molecule has 2 heteroatoms. The highest BCUT2D eigenvalue weighted by molar-refractivity contribution is 5.31. The zero-order chi connectivity index (χ0) is 23.0. The number of benzene rings is 1. The molecule has 0 saturated heterocycles. The molecule has 3 fully saturated rings. The van der Waals surface area contributed by atoms with Crippen molar-refractivity contribution in [1.29, 1.82) is 0 Å². The minimum absolute atomic E-state index is 0.0851. The van der Waals surface area contributed by atoms with Gasteiger partial charge in [-0.05, 0) is 79.2 Å². The van der Waals surface area contributed by atoms with Crippen molar-refractivity contribution in [2.75, 3.05) is 6.61 Å². The molecule has 0 aromatic heterocycles. The van der Waals surface area contributed by atoms with Crippen molar-refractivity contribution in [3.05, 3.63) is 42.2 Å². The van der Waals surface area contributed by atoms with Crippen LogP contribution in [0.4, 0.5) is 4.39 Å². The van der Waals surface area contributed by atoms with Gasteiger partial charge in [-0.25, -0.2) is 4.39 Å². The molecule has 0 radical (unpaired) electrons. The minimum Gasteiger partial charge on any atom is -0.489 e. The first-order valence-electron chi connectivity index (χ1n) is 14.2. The summed E-state index contributed by atoms with van der Waals surface area (Å²) in [6, 6.07) is 5.47. The fourth-order valence-electron chi connectivity index (χ4n) is 7.39. The van der Waals surface area contributed by atoms with Gasteiger partial charge in [0, 0.05) is 6.07 Å². The van der Waals surface area contributed by atoms with Gasteiger partial charge in [-0.2, -0.15) is 0 Å². The van der Waals surface area contributed by atoms with Crippen molar-refractivity contribution in [3.63, 3.8) is 0 Å². The number of rotatable bonds is 10. The first kappa shape index (κ1) is 24.8. The SMILES string of the molecule is C=CCOc1ccc(C2CCC3CC(CCC4CCC(CCCC)CC4)CCC3C2)c(F)c1. The topological polar surface area (TPSA) is 9.23 Å². The third kappa shape index (κ3) is 6.86. The van der Waals surface area contributed by atoms with Gasteiger partial charge < -0.3 is 4.74 Å². The minimum atomic E-state index is -0.0851. The molecule has 0 bridgehead atoms. The molecule has 1 nitrogen and oxygen atoms in total. The highest BCUT2D eigenvalue weighted by atomic mass is 19.1. The summed E-state index contributed by atoms with van der Waals surface area (Å²) < 4.78 is 20.3. The van der Waals surface area contributed by atoms with E-state index in [0.29, 0.717) is 18.3 Å². The molecule has 3 aliphatic rings. The smallest absolute Gasteiger partial charge is 0.130 e. The molecule has 0 amide bonds. The van der Waals surface area contributed by atoms with E-state index < -0.39 is 0 Å². The van der Waals surface area contributed by atoms with E-state index in [9.17, 15) is 4.39 Å². The van der Waals surface area contributed by atoms with E-state index in [1.54, 1.807) is 12.1 Å². The predicted octanol–water partition coefficient (Wildman–Crippen LogP) is 9.47. The van der Waals surface area contributed by atoms with Crippen LogP contribution in [0.2, 0.25) is 0 Å². The normalized spacial score (nSPS) is 32.2. The van der Waals surface area contributed by atoms with E-state index in [1.807, 2.05) is 12.1 Å². The third-order valence-corrected chi connectivity index (χ3v) is 9.42. The largest absolute Gasteiger partial charge is 0.489 e. The van der Waals surface area contributed by atoms with Crippen molar-refractivity contribution >= 4 is 0 Å². The van der Waals surface area contributed by atoms with Crippen LogP contribution in [0.15, 0.2) is 30.9 Å². The van der Waals surface area contributed by atoms with Crippen LogP contribution >= 0.6 is 0 Å². The summed E-state index contributed by atoms with van der Waals surface area (Å²) in [6.45, 7) is 6.41. The van der Waals surface area contributed by atoms with Gasteiger partial charge in [0.1, 0.15) is 18.2 Å². The Balaban J connectivity index is 1.20. The van der Waals surface area contributed by atoms with Crippen molar-refractivity contribution in [3.8, 4) is 5.75 Å². The van der Waals surface area contributed by atoms with Crippen LogP contribution in [0.25, 0.3) is 0 Å². The lowest BCUT2D eigenvalue weighted by Crippen LogP contribution is -2.31. The third-order valence-electron chi connectivity index (χ3n) is 9.42. The van der Waals surface area contributed by atoms with Crippen LogP contribution in [-0.4, -0.2) is 6.61 Å². The predicted molar refractivity (Wildman–Crippen MR) is 137 cm³/mol. The molecule has 184 valence electrons. The molecule has 4 unspecified atom stereocenters. The molecule has 0 aliphatic heterocycles. The van der Waals surface area contributed by atoms with E-state index in [0.717, 1.165) is 41.6 Å². The summed E-state index contributed by atoms with van der Waals surface area (Å²) in [4.78, 5) is 0. The number of fused-ring (bicyclic) bond motifs is 1. The van der Waals surface area contributed by atoms with Crippen molar-refractivity contribution in [1.82, 2.24) is 0 Å². The van der Waals surface area contributed by atoms with Crippen LogP contribution in [0, 0.1) is 35.4 Å². The van der Waals surface area contributed by atoms with E-state index in [-0.39, 0.29) is 5.82 Å². The molecule has 0 heterocycles. The lowest BCUT2D eigenvalue weighted by Gasteiger charge is -2.43. The lowest BCUT2D eigenvalue weighted by molar-refractivity contribution is 0.108. The maximum atomic E-state index is 14.8. The Morgan fingerprint density at radius 3 is 2.27 bits per heavy atom. The number of hydrogen-bond acceptors (Lipinski definition) is 1. The van der Waals surface area contributed by atoms with Gasteiger partial charge in [0.15, 0.2) is 0 Å². The van der Waals surface area contributed by atoms with E-state index in [2.05, 4.69) is 13.5 Å². The summed E-state index contributed by atoms with van der Waals surface area (Å²) in [6.07, 6.45) is 22.8. The summed E-state index contributed by atoms with van der Waals surface area (Å²) in [5.41, 5.74) is 0.913. The molecule has 33 heavy (non-hydrogen) atoms. The summed E-state index contributed by atoms with van der Waals surface area (Å²) in [7, 11) is 0. The fourth-order valence-corrected chi connectivity index (χ4v) is 7.39. The lowest BCUT2D eigenvalue weighted by atomic mass is 9.63. The van der Waals surface area contributed by atoms with Crippen LogP contribution in [0.1, 0.15) is 115 Å². The number of halogens is 1. The zero-order valence-corrected chi connectivity index (χ0v) is 21.1. The average Bonchev–Trinajstić information content (AvgIpc) is 2.85. The van der Waals surface area contributed by atoms with Gasteiger partial charge in [-0.15, -0.1) is 0 Å². The number of unbranched alkanes of at least 4 members (excludes halogenated alkanes) is 1. The molecule has 4 rings (SSSR count). The van der Waals surface area contributed by atoms with Crippen LogP contribution in [0.3, 0.4) is 0 Å². The molecule has 1 aromatic rings. The summed E-state index contributed by atoms with van der Waals surface area (Å²) >= 11 is 0. The van der Waals surface area contributed by atoms with Crippen LogP contribution < -0.4 is 4.74 Å². The van der Waals surface area contributed by atoms with Gasteiger partial charge in [-0.3, -0.25) is 0 Å². The first-order valence-corrected chi connectivity index (χ1v) is 14.2. The molecule has 0 N–H and O–H groups in total. The Morgan fingerprint density at radius 2 is 1.55 bits per heavy atom. The maximum Gasteiger partial charge on any atom is 0.130 e. The molecule has 3 saturated carbocycles. The Bertz CT molecular complexity index is 734. The Morgan fingerprint density at radius 1 is 0.879 bits per heavy atom. The number of ether oxygens (including phenoxy) is 1. The highest BCUT2D eigenvalue weighted by Gasteiger charge is 2.36. The van der Waals surface area contributed by atoms with Crippen molar-refractivity contribution in [2.24, 2.45) is 29.6 Å². The molecule has 4 atom stereocenters. The van der Waals surface area contributed by atoms with Gasteiger partial charge >= 0.3 is 0 Å². The molecule has 3 aliphatic carbocycles. The van der Waals surface area contributed by atoms with Crippen molar-refractivity contribution < 1.29 is 9.13 Å². The highest BCUT2D eigenvalue weighted by Crippen LogP contribution is 2.49. The van der Waals surface area contributed by atoms with E-state index in [1.165, 1.54) is 89.9 Å². The van der Waals surface area contributed by atoms with E-state index >= 15 is 0 Å². The second-order valence-electron chi connectivity index (χ2n) is 11.6. The van der Waals surface area contributed by atoms with Crippen molar-refractivity contribution in [2.45, 2.75) is 109 Å². The standard InChI is InChI=1S/C31H47FO/c1-3-5-6-23-7-9-24(10-8-23)11-12-25-13-14-27-21-28(16-15-26(27)20-25)30-18-17-29(22-31(30)32)33-19-4-2/h4,17-18,22-28H,2-3,5-16,19-21H2,1H3. The van der Waals surface area contributed by atoms with Gasteiger partial charge in [0.2, 0.25) is 0 Å². The molecular formula is C31H47FO. The fraction of sp³-hybridized carbons (Fsp3) is 0.742. The molecule has 0 spiro atoms. The second-order valence-corrected chi connectivity index (χ2v) is 11.6. The van der Waals surface area contributed by atoms with Crippen LogP contribution in [-0.2, 0) is 0 Å². The zero-order valence-electron chi connectivity index (χ0n) is 21.1. The first-order chi connectivity index (χ1) is 16.2. The van der Waals surface area contributed by atoms with Crippen LogP contribution in [0.5, 0.6) is 5.75 Å². The summed E-state index contributed by atoms with van der Waals surface area (Å²) in [5.74, 6) is 5.62. The van der Waals surface area contributed by atoms with E-state index in [4.69, 9.17) is 4.74 Å². The second kappa shape index (κ2) is 12.4. The van der Waals surface area contributed by atoms with Gasteiger partial charge in [0.25, 0.3) is 0 Å².